The highest BCUT2D eigenvalue weighted by Crippen LogP contribution is 2.20. The van der Waals surface area contributed by atoms with Gasteiger partial charge < -0.3 is 37.2 Å². The third-order valence-electron chi connectivity index (χ3n) is 5.63. The topological polar surface area (TPSA) is 205 Å². The van der Waals surface area contributed by atoms with Crippen LogP contribution < -0.4 is 22.1 Å². The second-order valence-electron chi connectivity index (χ2n) is 8.26. The van der Waals surface area contributed by atoms with Gasteiger partial charge in [-0.2, -0.15) is 11.8 Å². The molecule has 1 aliphatic heterocycles. The van der Waals surface area contributed by atoms with E-state index in [9.17, 15) is 29.1 Å². The van der Waals surface area contributed by atoms with Gasteiger partial charge in [-0.3, -0.25) is 19.2 Å². The highest BCUT2D eigenvalue weighted by atomic mass is 32.2. The van der Waals surface area contributed by atoms with E-state index in [1.807, 2.05) is 6.26 Å². The van der Waals surface area contributed by atoms with Crippen molar-refractivity contribution in [3.63, 3.8) is 0 Å². The molecule has 0 bridgehead atoms. The number of aliphatic carboxylic acids is 2. The number of nitrogens with one attached hydrogen (secondary N) is 2. The van der Waals surface area contributed by atoms with E-state index in [2.05, 4.69) is 10.6 Å². The lowest BCUT2D eigenvalue weighted by atomic mass is 10.1. The summed E-state index contributed by atoms with van der Waals surface area (Å²) in [4.78, 5) is 62.3. The minimum atomic E-state index is -1.41. The predicted octanol–water partition coefficient (Wildman–Crippen LogP) is -0.894. The van der Waals surface area contributed by atoms with E-state index in [-0.39, 0.29) is 18.7 Å². The molecule has 194 valence electrons. The molecule has 0 spiro atoms. The molecule has 1 rings (SSSR count). The van der Waals surface area contributed by atoms with Crippen LogP contribution in [0.1, 0.15) is 51.4 Å². The van der Waals surface area contributed by atoms with Gasteiger partial charge in [0.15, 0.2) is 0 Å². The van der Waals surface area contributed by atoms with Gasteiger partial charge in [0, 0.05) is 13.0 Å². The lowest BCUT2D eigenvalue weighted by Crippen LogP contribution is -2.56. The highest BCUT2D eigenvalue weighted by molar-refractivity contribution is 7.98. The molecule has 0 saturated carbocycles. The van der Waals surface area contributed by atoms with Crippen LogP contribution in [0.25, 0.3) is 0 Å². The number of unbranched alkanes of at least 4 members (excludes halogenated alkanes) is 1. The molecule has 3 amide bonds. The zero-order chi connectivity index (χ0) is 25.7. The van der Waals surface area contributed by atoms with Gasteiger partial charge in [-0.15, -0.1) is 0 Å². The first-order valence-corrected chi connectivity index (χ1v) is 12.8. The number of carbonyl (C=O) groups excluding carboxylic acids is 3. The zero-order valence-electron chi connectivity index (χ0n) is 19.5. The fourth-order valence-electron chi connectivity index (χ4n) is 3.71. The standard InChI is InChI=1S/C21H37N5O7S/c1-34-12-9-13(23)20(31)26-11-4-6-16(26)19(30)24-14(5-2-3-10-22)18(29)25-15(21(32)33)7-8-17(27)28/h13-16H,2-12,22-23H2,1H3,(H,24,30)(H,25,29)(H,27,28)(H,32,33). The van der Waals surface area contributed by atoms with Crippen molar-refractivity contribution in [3.8, 4) is 0 Å². The Labute approximate surface area is 203 Å². The number of likely N-dealkylation sites (tertiary alicyclic amines) is 1. The normalized spacial score (nSPS) is 18.1. The fourth-order valence-corrected chi connectivity index (χ4v) is 4.20. The van der Waals surface area contributed by atoms with Crippen molar-refractivity contribution >= 4 is 41.4 Å². The Morgan fingerprint density at radius 1 is 1.06 bits per heavy atom. The van der Waals surface area contributed by atoms with E-state index in [4.69, 9.17) is 16.6 Å². The number of hydrogen-bond donors (Lipinski definition) is 6. The first-order chi connectivity index (χ1) is 16.1. The quantitative estimate of drug-likeness (QED) is 0.143. The number of nitrogens with zero attached hydrogens (tertiary/aromatic N) is 1. The summed E-state index contributed by atoms with van der Waals surface area (Å²) in [6.07, 6.45) is 4.05. The number of nitrogens with two attached hydrogens (primary N) is 2. The average molecular weight is 504 g/mol. The molecule has 1 aliphatic rings. The van der Waals surface area contributed by atoms with Crippen LogP contribution in [-0.2, 0) is 24.0 Å². The van der Waals surface area contributed by atoms with Crippen molar-refractivity contribution < 1.29 is 34.2 Å². The molecule has 1 saturated heterocycles. The van der Waals surface area contributed by atoms with Crippen LogP contribution in [0.15, 0.2) is 0 Å². The lowest BCUT2D eigenvalue weighted by Gasteiger charge is -2.28. The molecule has 12 nitrogen and oxygen atoms in total. The molecule has 1 fully saturated rings. The minimum absolute atomic E-state index is 0.216. The Balaban J connectivity index is 2.88. The van der Waals surface area contributed by atoms with Crippen molar-refractivity contribution in [2.75, 3.05) is 25.1 Å². The summed E-state index contributed by atoms with van der Waals surface area (Å²) in [7, 11) is 0. The van der Waals surface area contributed by atoms with Crippen LogP contribution in [0.3, 0.4) is 0 Å². The van der Waals surface area contributed by atoms with E-state index in [0.717, 1.165) is 0 Å². The highest BCUT2D eigenvalue weighted by Gasteiger charge is 2.37. The van der Waals surface area contributed by atoms with Gasteiger partial charge in [-0.05, 0) is 63.5 Å². The Hall–Kier alpha value is -2.38. The molecule has 0 aliphatic carbocycles. The molecule has 13 heteroatoms. The monoisotopic (exact) mass is 503 g/mol. The van der Waals surface area contributed by atoms with E-state index in [0.29, 0.717) is 50.9 Å². The molecule has 0 aromatic heterocycles. The Bertz CT molecular complexity index is 724. The van der Waals surface area contributed by atoms with E-state index in [1.165, 1.54) is 4.90 Å². The third-order valence-corrected chi connectivity index (χ3v) is 6.27. The maximum atomic E-state index is 13.0. The van der Waals surface area contributed by atoms with Crippen LogP contribution in [0, 0.1) is 0 Å². The van der Waals surface area contributed by atoms with Crippen LogP contribution in [0.5, 0.6) is 0 Å². The molecular formula is C21H37N5O7S. The fraction of sp³-hybridized carbons (Fsp3) is 0.762. The molecule has 4 atom stereocenters. The summed E-state index contributed by atoms with van der Waals surface area (Å²) in [6, 6.07) is -3.93. The number of thioether (sulfide) groups is 1. The van der Waals surface area contributed by atoms with Gasteiger partial charge in [0.1, 0.15) is 18.1 Å². The molecule has 0 radical (unpaired) electrons. The summed E-state index contributed by atoms with van der Waals surface area (Å²) < 4.78 is 0. The molecule has 0 aromatic rings. The first kappa shape index (κ1) is 29.7. The van der Waals surface area contributed by atoms with Gasteiger partial charge >= 0.3 is 11.9 Å². The summed E-state index contributed by atoms with van der Waals surface area (Å²) >= 11 is 1.57. The maximum Gasteiger partial charge on any atom is 0.326 e. The SMILES string of the molecule is CSCCC(N)C(=O)N1CCCC1C(=O)NC(CCCCN)C(=O)NC(CCC(=O)O)C(=O)O. The van der Waals surface area contributed by atoms with Crippen LogP contribution in [0.4, 0.5) is 0 Å². The largest absolute Gasteiger partial charge is 0.481 e. The number of rotatable bonds is 16. The smallest absolute Gasteiger partial charge is 0.326 e. The molecular weight excluding hydrogens is 466 g/mol. The van der Waals surface area contributed by atoms with Crippen molar-refractivity contribution in [3.05, 3.63) is 0 Å². The second kappa shape index (κ2) is 15.5. The number of hydrogen-bond acceptors (Lipinski definition) is 8. The summed E-state index contributed by atoms with van der Waals surface area (Å²) in [5.74, 6) is -3.38. The van der Waals surface area contributed by atoms with Crippen LogP contribution >= 0.6 is 11.8 Å². The Kier molecular flexibility index (Phi) is 13.5. The van der Waals surface area contributed by atoms with Crippen LogP contribution in [0.2, 0.25) is 0 Å². The van der Waals surface area contributed by atoms with Crippen molar-refractivity contribution in [2.45, 2.75) is 75.5 Å². The van der Waals surface area contributed by atoms with E-state index in [1.54, 1.807) is 11.8 Å². The maximum absolute atomic E-state index is 13.0. The molecule has 0 aromatic carbocycles. The summed E-state index contributed by atoms with van der Waals surface area (Å²) in [5.41, 5.74) is 11.5. The molecule has 1 heterocycles. The first-order valence-electron chi connectivity index (χ1n) is 11.4. The Morgan fingerprint density at radius 3 is 2.35 bits per heavy atom. The molecule has 34 heavy (non-hydrogen) atoms. The summed E-state index contributed by atoms with van der Waals surface area (Å²) in [6.45, 7) is 0.779. The predicted molar refractivity (Wildman–Crippen MR) is 127 cm³/mol. The van der Waals surface area contributed by atoms with Gasteiger partial charge in [0.2, 0.25) is 17.7 Å². The number of carboxylic acid groups (broad SMARTS) is 2. The van der Waals surface area contributed by atoms with Crippen molar-refractivity contribution in [1.29, 1.82) is 0 Å². The summed E-state index contributed by atoms with van der Waals surface area (Å²) in [5, 5.41) is 23.1. The minimum Gasteiger partial charge on any atom is -0.481 e. The van der Waals surface area contributed by atoms with Crippen LogP contribution in [-0.4, -0.2) is 94.0 Å². The van der Waals surface area contributed by atoms with Gasteiger partial charge in [-0.1, -0.05) is 0 Å². The lowest BCUT2D eigenvalue weighted by molar-refractivity contribution is -0.144. The number of carboxylic acids is 2. The number of carbonyl (C=O) groups is 5. The van der Waals surface area contributed by atoms with Crippen molar-refractivity contribution in [1.82, 2.24) is 15.5 Å². The molecule has 4 unspecified atom stereocenters. The Morgan fingerprint density at radius 2 is 1.76 bits per heavy atom. The average Bonchev–Trinajstić information content (AvgIpc) is 3.28. The van der Waals surface area contributed by atoms with Gasteiger partial charge in [-0.25, -0.2) is 4.79 Å². The van der Waals surface area contributed by atoms with Gasteiger partial charge in [0.25, 0.3) is 0 Å². The van der Waals surface area contributed by atoms with E-state index >= 15 is 0 Å². The molecule has 8 N–H and O–H groups in total. The van der Waals surface area contributed by atoms with E-state index < -0.39 is 54.3 Å². The van der Waals surface area contributed by atoms with Gasteiger partial charge in [0.05, 0.1) is 6.04 Å². The second-order valence-corrected chi connectivity index (χ2v) is 9.24. The zero-order valence-corrected chi connectivity index (χ0v) is 20.3. The number of amides is 3. The third kappa shape index (κ3) is 9.85. The van der Waals surface area contributed by atoms with Crippen molar-refractivity contribution in [2.24, 2.45) is 11.5 Å².